The third kappa shape index (κ3) is 4.55. The molecule has 2 aliphatic rings. The molecule has 1 aliphatic carbocycles. The normalized spacial score (nSPS) is 17.2. The SMILES string of the molecule is CCNC(=O)c1coc(COc2ccc3c(c2)C(c2cccc(C)c2)N(C(=O)C2CC2)CC3)n1. The van der Waals surface area contributed by atoms with Crippen LogP contribution in [-0.2, 0) is 17.8 Å². The van der Waals surface area contributed by atoms with Gasteiger partial charge in [0, 0.05) is 19.0 Å². The van der Waals surface area contributed by atoms with Crippen LogP contribution in [0.4, 0.5) is 0 Å². The van der Waals surface area contributed by atoms with Crippen LogP contribution in [0.25, 0.3) is 0 Å². The van der Waals surface area contributed by atoms with Gasteiger partial charge in [-0.1, -0.05) is 35.9 Å². The number of carbonyl (C=O) groups excluding carboxylic acids is 2. The first-order valence-corrected chi connectivity index (χ1v) is 11.9. The summed E-state index contributed by atoms with van der Waals surface area (Å²) in [6.07, 6.45) is 4.14. The standard InChI is InChI=1S/C27H29N3O4/c1-3-28-26(31)23-15-34-24(29-23)16-33-21-10-9-18-11-12-30(27(32)19-7-8-19)25(22(18)14-21)20-6-4-5-17(2)13-20/h4-6,9-10,13-15,19,25H,3,7-8,11-12,16H2,1-2H3,(H,28,31). The Bertz CT molecular complexity index is 1210. The minimum absolute atomic E-state index is 0.109. The largest absolute Gasteiger partial charge is 0.484 e. The molecule has 2 heterocycles. The number of aromatic nitrogens is 1. The van der Waals surface area contributed by atoms with Crippen molar-refractivity contribution >= 4 is 11.8 Å². The quantitative estimate of drug-likeness (QED) is 0.573. The molecule has 5 rings (SSSR count). The van der Waals surface area contributed by atoms with Gasteiger partial charge in [0.15, 0.2) is 12.3 Å². The number of nitrogens with one attached hydrogen (secondary N) is 1. The van der Waals surface area contributed by atoms with Crippen LogP contribution in [-0.4, -0.2) is 34.8 Å². The van der Waals surface area contributed by atoms with Crippen molar-refractivity contribution in [3.63, 3.8) is 0 Å². The molecule has 7 nitrogen and oxygen atoms in total. The summed E-state index contributed by atoms with van der Waals surface area (Å²) in [6, 6.07) is 14.3. The lowest BCUT2D eigenvalue weighted by atomic mass is 9.87. The summed E-state index contributed by atoms with van der Waals surface area (Å²) in [5.74, 6) is 1.15. The number of hydrogen-bond acceptors (Lipinski definition) is 5. The Morgan fingerprint density at radius 1 is 1.21 bits per heavy atom. The number of amides is 2. The van der Waals surface area contributed by atoms with Crippen molar-refractivity contribution in [2.45, 2.75) is 45.8 Å². The van der Waals surface area contributed by atoms with Crippen LogP contribution in [0.3, 0.4) is 0 Å². The van der Waals surface area contributed by atoms with Gasteiger partial charge in [0.2, 0.25) is 11.8 Å². The zero-order chi connectivity index (χ0) is 23.7. The van der Waals surface area contributed by atoms with Gasteiger partial charge in [-0.25, -0.2) is 4.98 Å². The van der Waals surface area contributed by atoms with Gasteiger partial charge in [-0.05, 0) is 61.9 Å². The van der Waals surface area contributed by atoms with Gasteiger partial charge in [0.05, 0.1) is 6.04 Å². The van der Waals surface area contributed by atoms with E-state index in [9.17, 15) is 9.59 Å². The van der Waals surface area contributed by atoms with E-state index in [0.717, 1.165) is 36.9 Å². The lowest BCUT2D eigenvalue weighted by Crippen LogP contribution is -2.41. The molecule has 2 aromatic carbocycles. The molecule has 1 unspecified atom stereocenters. The number of fused-ring (bicyclic) bond motifs is 1. The minimum Gasteiger partial charge on any atom is -0.484 e. The maximum Gasteiger partial charge on any atom is 0.273 e. The molecule has 1 saturated carbocycles. The second-order valence-corrected chi connectivity index (χ2v) is 9.01. The van der Waals surface area contributed by atoms with E-state index in [4.69, 9.17) is 9.15 Å². The highest BCUT2D eigenvalue weighted by Gasteiger charge is 2.39. The lowest BCUT2D eigenvalue weighted by Gasteiger charge is -2.38. The second kappa shape index (κ2) is 9.33. The Morgan fingerprint density at radius 2 is 2.06 bits per heavy atom. The number of nitrogens with zero attached hydrogens (tertiary/aromatic N) is 2. The van der Waals surface area contributed by atoms with Crippen LogP contribution in [0.5, 0.6) is 5.75 Å². The Labute approximate surface area is 199 Å². The maximum absolute atomic E-state index is 13.2. The molecule has 1 fully saturated rings. The van der Waals surface area contributed by atoms with Crippen LogP contribution in [0.2, 0.25) is 0 Å². The number of oxazole rings is 1. The molecule has 0 saturated heterocycles. The molecule has 3 aromatic rings. The molecule has 0 bridgehead atoms. The Kier molecular flexibility index (Phi) is 6.09. The van der Waals surface area contributed by atoms with Crippen molar-refractivity contribution in [1.82, 2.24) is 15.2 Å². The average Bonchev–Trinajstić information content (AvgIpc) is 3.58. The zero-order valence-corrected chi connectivity index (χ0v) is 19.5. The van der Waals surface area contributed by atoms with E-state index >= 15 is 0 Å². The van der Waals surface area contributed by atoms with Gasteiger partial charge in [-0.2, -0.15) is 0 Å². The van der Waals surface area contributed by atoms with Gasteiger partial charge < -0.3 is 19.4 Å². The molecular weight excluding hydrogens is 430 g/mol. The smallest absolute Gasteiger partial charge is 0.273 e. The van der Waals surface area contributed by atoms with Crippen molar-refractivity contribution < 1.29 is 18.7 Å². The molecule has 1 atom stereocenters. The van der Waals surface area contributed by atoms with Gasteiger partial charge in [-0.15, -0.1) is 0 Å². The predicted molar refractivity (Wildman–Crippen MR) is 126 cm³/mol. The Hall–Kier alpha value is -3.61. The maximum atomic E-state index is 13.2. The van der Waals surface area contributed by atoms with Crippen LogP contribution in [0.1, 0.15) is 64.4 Å². The van der Waals surface area contributed by atoms with Gasteiger partial charge in [-0.3, -0.25) is 9.59 Å². The fourth-order valence-corrected chi connectivity index (χ4v) is 4.56. The average molecular weight is 460 g/mol. The number of carbonyl (C=O) groups is 2. The second-order valence-electron chi connectivity index (χ2n) is 9.01. The topological polar surface area (TPSA) is 84.7 Å². The van der Waals surface area contributed by atoms with Gasteiger partial charge in [0.25, 0.3) is 5.91 Å². The van der Waals surface area contributed by atoms with E-state index < -0.39 is 0 Å². The summed E-state index contributed by atoms with van der Waals surface area (Å²) in [5, 5.41) is 2.70. The molecule has 0 spiro atoms. The fraction of sp³-hybridized carbons (Fsp3) is 0.370. The lowest BCUT2D eigenvalue weighted by molar-refractivity contribution is -0.134. The third-order valence-corrected chi connectivity index (χ3v) is 6.40. The van der Waals surface area contributed by atoms with Crippen LogP contribution in [0.15, 0.2) is 53.1 Å². The molecule has 1 aliphatic heterocycles. The van der Waals surface area contributed by atoms with E-state index in [1.54, 1.807) is 0 Å². The molecule has 34 heavy (non-hydrogen) atoms. The van der Waals surface area contributed by atoms with Crippen LogP contribution < -0.4 is 10.1 Å². The summed E-state index contributed by atoms with van der Waals surface area (Å²) in [6.45, 7) is 5.28. The minimum atomic E-state index is -0.271. The summed E-state index contributed by atoms with van der Waals surface area (Å²) in [5.41, 5.74) is 4.85. The van der Waals surface area contributed by atoms with Crippen molar-refractivity contribution in [3.8, 4) is 5.75 Å². The number of benzene rings is 2. The van der Waals surface area contributed by atoms with E-state index in [2.05, 4.69) is 41.5 Å². The van der Waals surface area contributed by atoms with E-state index in [1.807, 2.05) is 30.0 Å². The summed E-state index contributed by atoms with van der Waals surface area (Å²) in [4.78, 5) is 31.4. The summed E-state index contributed by atoms with van der Waals surface area (Å²) < 4.78 is 11.4. The number of aryl methyl sites for hydroxylation is 1. The number of rotatable bonds is 7. The highest BCUT2D eigenvalue weighted by atomic mass is 16.5. The molecular formula is C27H29N3O4. The van der Waals surface area contributed by atoms with Crippen molar-refractivity contribution in [1.29, 1.82) is 0 Å². The van der Waals surface area contributed by atoms with Gasteiger partial charge in [0.1, 0.15) is 12.0 Å². The number of ether oxygens (including phenoxy) is 1. The van der Waals surface area contributed by atoms with Crippen LogP contribution in [0, 0.1) is 12.8 Å². The first-order chi connectivity index (χ1) is 16.5. The van der Waals surface area contributed by atoms with Gasteiger partial charge >= 0.3 is 0 Å². The number of hydrogen-bond donors (Lipinski definition) is 1. The first-order valence-electron chi connectivity index (χ1n) is 11.9. The molecule has 1 aromatic heterocycles. The zero-order valence-electron chi connectivity index (χ0n) is 19.5. The third-order valence-electron chi connectivity index (χ3n) is 6.40. The highest BCUT2D eigenvalue weighted by molar-refractivity contribution is 5.91. The van der Waals surface area contributed by atoms with E-state index in [-0.39, 0.29) is 36.1 Å². The van der Waals surface area contributed by atoms with Crippen LogP contribution >= 0.6 is 0 Å². The first kappa shape index (κ1) is 22.2. The Balaban J connectivity index is 1.41. The monoisotopic (exact) mass is 459 g/mol. The Morgan fingerprint density at radius 3 is 2.82 bits per heavy atom. The molecule has 176 valence electrons. The highest BCUT2D eigenvalue weighted by Crippen LogP contribution is 2.41. The van der Waals surface area contributed by atoms with Crippen molar-refractivity contribution in [3.05, 3.63) is 82.6 Å². The fourth-order valence-electron chi connectivity index (χ4n) is 4.56. The molecule has 0 radical (unpaired) electrons. The van der Waals surface area contributed by atoms with Crippen molar-refractivity contribution in [2.75, 3.05) is 13.1 Å². The predicted octanol–water partition coefficient (Wildman–Crippen LogP) is 4.20. The molecule has 2 amide bonds. The van der Waals surface area contributed by atoms with Crippen molar-refractivity contribution in [2.24, 2.45) is 5.92 Å². The molecule has 1 N–H and O–H groups in total. The molecule has 7 heteroatoms. The van der Waals surface area contributed by atoms with E-state index in [0.29, 0.717) is 18.2 Å². The van der Waals surface area contributed by atoms with E-state index in [1.165, 1.54) is 17.4 Å². The summed E-state index contributed by atoms with van der Waals surface area (Å²) >= 11 is 0. The summed E-state index contributed by atoms with van der Waals surface area (Å²) in [7, 11) is 0.